The minimum absolute atomic E-state index is 0.0375. The van der Waals surface area contributed by atoms with Crippen molar-refractivity contribution in [3.63, 3.8) is 0 Å². The molecule has 2 atom stereocenters. The van der Waals surface area contributed by atoms with Gasteiger partial charge in [-0.1, -0.05) is 23.7 Å². The maximum absolute atomic E-state index is 12.1. The molecule has 6 nitrogen and oxygen atoms in total. The van der Waals surface area contributed by atoms with Crippen molar-refractivity contribution in [2.45, 2.75) is 25.4 Å². The summed E-state index contributed by atoms with van der Waals surface area (Å²) in [7, 11) is 1.58. The number of carbonyl (C=O) groups is 2. The third-order valence-corrected chi connectivity index (χ3v) is 3.52. The van der Waals surface area contributed by atoms with Crippen molar-refractivity contribution in [1.82, 2.24) is 10.2 Å². The highest BCUT2D eigenvalue weighted by Crippen LogP contribution is 2.20. The van der Waals surface area contributed by atoms with E-state index in [2.05, 4.69) is 5.32 Å². The molecule has 0 aliphatic rings. The quantitative estimate of drug-likeness (QED) is 0.748. The molecule has 0 aliphatic carbocycles. The Hall–Kier alpha value is -1.79. The molecule has 0 heterocycles. The predicted octanol–water partition coefficient (Wildman–Crippen LogP) is 1.88. The highest BCUT2D eigenvalue weighted by Gasteiger charge is 2.23. The molecule has 116 valence electrons. The van der Waals surface area contributed by atoms with Gasteiger partial charge in [-0.2, -0.15) is 0 Å². The first-order valence-electron chi connectivity index (χ1n) is 6.49. The van der Waals surface area contributed by atoms with E-state index in [0.29, 0.717) is 5.02 Å². The Labute approximate surface area is 128 Å². The van der Waals surface area contributed by atoms with Crippen LogP contribution in [-0.2, 0) is 4.79 Å². The van der Waals surface area contributed by atoms with Gasteiger partial charge in [0.05, 0.1) is 6.04 Å². The van der Waals surface area contributed by atoms with Gasteiger partial charge in [0.25, 0.3) is 0 Å². The van der Waals surface area contributed by atoms with Crippen molar-refractivity contribution in [2.75, 3.05) is 13.7 Å². The van der Waals surface area contributed by atoms with Gasteiger partial charge in [0, 0.05) is 25.1 Å². The van der Waals surface area contributed by atoms with Gasteiger partial charge in [-0.05, 0) is 24.6 Å². The summed E-state index contributed by atoms with van der Waals surface area (Å²) in [5.41, 5.74) is 0.881. The molecular formula is C14H19ClN2O4. The van der Waals surface area contributed by atoms with Gasteiger partial charge in [-0.15, -0.1) is 0 Å². The van der Waals surface area contributed by atoms with Gasteiger partial charge >= 0.3 is 12.0 Å². The first-order valence-corrected chi connectivity index (χ1v) is 6.87. The number of carboxylic acids is 1. The van der Waals surface area contributed by atoms with Crippen LogP contribution < -0.4 is 5.32 Å². The number of carboxylic acid groups (broad SMARTS) is 1. The summed E-state index contributed by atoms with van der Waals surface area (Å²) in [6.45, 7) is 1.51. The van der Waals surface area contributed by atoms with Gasteiger partial charge in [0.15, 0.2) is 0 Å². The number of hydrogen-bond donors (Lipinski definition) is 3. The summed E-state index contributed by atoms with van der Waals surface area (Å²) in [6.07, 6.45) is -0.0375. The molecule has 7 heteroatoms. The van der Waals surface area contributed by atoms with Crippen LogP contribution in [0, 0.1) is 0 Å². The summed E-state index contributed by atoms with van der Waals surface area (Å²) in [5.74, 6) is -1.18. The zero-order valence-corrected chi connectivity index (χ0v) is 12.7. The highest BCUT2D eigenvalue weighted by atomic mass is 35.5. The highest BCUT2D eigenvalue weighted by molar-refractivity contribution is 6.30. The van der Waals surface area contributed by atoms with E-state index in [4.69, 9.17) is 21.8 Å². The third-order valence-electron chi connectivity index (χ3n) is 3.27. The van der Waals surface area contributed by atoms with Crippen LogP contribution in [0.5, 0.6) is 0 Å². The number of hydrogen-bond acceptors (Lipinski definition) is 3. The molecule has 0 aromatic heterocycles. The fourth-order valence-electron chi connectivity index (χ4n) is 1.78. The Kier molecular flexibility index (Phi) is 6.45. The maximum atomic E-state index is 12.1. The van der Waals surface area contributed by atoms with Gasteiger partial charge in [0.2, 0.25) is 0 Å². The molecule has 1 aromatic rings. The first-order chi connectivity index (χ1) is 9.86. The monoisotopic (exact) mass is 314 g/mol. The van der Waals surface area contributed by atoms with Crippen LogP contribution in [0.25, 0.3) is 0 Å². The van der Waals surface area contributed by atoms with Crippen LogP contribution in [0.1, 0.15) is 24.9 Å². The molecule has 0 spiro atoms. The van der Waals surface area contributed by atoms with Gasteiger partial charge in [-0.25, -0.2) is 9.59 Å². The molecular weight excluding hydrogens is 296 g/mol. The molecule has 2 amide bonds. The summed E-state index contributed by atoms with van der Waals surface area (Å²) in [6, 6.07) is 5.19. The number of urea groups is 1. The van der Waals surface area contributed by atoms with E-state index in [1.54, 1.807) is 31.3 Å². The van der Waals surface area contributed by atoms with Crippen LogP contribution in [-0.4, -0.2) is 46.8 Å². The van der Waals surface area contributed by atoms with E-state index in [1.165, 1.54) is 4.90 Å². The average Bonchev–Trinajstić information content (AvgIpc) is 2.45. The molecule has 3 N–H and O–H groups in total. The normalized spacial score (nSPS) is 13.3. The number of nitrogens with one attached hydrogen (secondary N) is 1. The number of aliphatic hydroxyl groups excluding tert-OH is 1. The lowest BCUT2D eigenvalue weighted by atomic mass is 10.1. The molecule has 0 saturated heterocycles. The SMILES string of the molecule is CC(c1ccc(Cl)cc1)N(C)C(=O)N[C@H](CCO)C(=O)O. The topological polar surface area (TPSA) is 89.9 Å². The average molecular weight is 315 g/mol. The zero-order valence-electron chi connectivity index (χ0n) is 11.9. The molecule has 0 fully saturated rings. The Morgan fingerprint density at radius 1 is 1.33 bits per heavy atom. The largest absolute Gasteiger partial charge is 0.480 e. The Morgan fingerprint density at radius 2 is 1.90 bits per heavy atom. The van der Waals surface area contributed by atoms with Crippen molar-refractivity contribution in [1.29, 1.82) is 0 Å². The number of aliphatic carboxylic acids is 1. The Bertz CT molecular complexity index is 492. The summed E-state index contributed by atoms with van der Waals surface area (Å²) < 4.78 is 0. The van der Waals surface area contributed by atoms with Crippen molar-refractivity contribution >= 4 is 23.6 Å². The Morgan fingerprint density at radius 3 is 2.38 bits per heavy atom. The molecule has 0 saturated carbocycles. The fraction of sp³-hybridized carbons (Fsp3) is 0.429. The van der Waals surface area contributed by atoms with Crippen LogP contribution in [0.2, 0.25) is 5.02 Å². The van der Waals surface area contributed by atoms with E-state index < -0.39 is 18.0 Å². The lowest BCUT2D eigenvalue weighted by Crippen LogP contribution is -2.47. The van der Waals surface area contributed by atoms with Gasteiger partial charge in [-0.3, -0.25) is 0 Å². The number of carbonyl (C=O) groups excluding carboxylic acids is 1. The molecule has 1 aromatic carbocycles. The number of amides is 2. The van der Waals surface area contributed by atoms with E-state index in [-0.39, 0.29) is 19.1 Å². The van der Waals surface area contributed by atoms with Crippen LogP contribution in [0.3, 0.4) is 0 Å². The zero-order chi connectivity index (χ0) is 16.0. The molecule has 1 rings (SSSR count). The van der Waals surface area contributed by atoms with E-state index in [9.17, 15) is 9.59 Å². The van der Waals surface area contributed by atoms with E-state index in [1.807, 2.05) is 6.92 Å². The number of rotatable bonds is 6. The number of benzene rings is 1. The van der Waals surface area contributed by atoms with Crippen LogP contribution in [0.4, 0.5) is 4.79 Å². The summed E-state index contributed by atoms with van der Waals surface area (Å²) >= 11 is 5.82. The van der Waals surface area contributed by atoms with E-state index in [0.717, 1.165) is 5.56 Å². The second kappa shape index (κ2) is 7.85. The first kappa shape index (κ1) is 17.3. The van der Waals surface area contributed by atoms with Crippen molar-refractivity contribution in [2.24, 2.45) is 0 Å². The second-order valence-corrected chi connectivity index (χ2v) is 5.13. The lowest BCUT2D eigenvalue weighted by molar-refractivity contribution is -0.139. The Balaban J connectivity index is 2.72. The number of halogens is 1. The van der Waals surface area contributed by atoms with E-state index >= 15 is 0 Å². The molecule has 21 heavy (non-hydrogen) atoms. The second-order valence-electron chi connectivity index (χ2n) is 4.69. The minimum atomic E-state index is -1.18. The standard InChI is InChI=1S/C14H19ClN2O4/c1-9(10-3-5-11(15)6-4-10)17(2)14(21)16-12(7-8-18)13(19)20/h3-6,9,12,18H,7-8H2,1-2H3,(H,16,21)(H,19,20)/t9?,12-/m1/s1. The maximum Gasteiger partial charge on any atom is 0.326 e. The molecule has 0 bridgehead atoms. The van der Waals surface area contributed by atoms with Crippen molar-refractivity contribution < 1.29 is 19.8 Å². The lowest BCUT2D eigenvalue weighted by Gasteiger charge is -2.27. The number of nitrogens with zero attached hydrogens (tertiary/aromatic N) is 1. The third kappa shape index (κ3) is 4.91. The molecule has 1 unspecified atom stereocenters. The van der Waals surface area contributed by atoms with Crippen molar-refractivity contribution in [3.05, 3.63) is 34.9 Å². The smallest absolute Gasteiger partial charge is 0.326 e. The summed E-state index contributed by atoms with van der Waals surface area (Å²) in [5, 5.41) is 20.8. The van der Waals surface area contributed by atoms with Crippen molar-refractivity contribution in [3.8, 4) is 0 Å². The summed E-state index contributed by atoms with van der Waals surface area (Å²) in [4.78, 5) is 24.4. The van der Waals surface area contributed by atoms with Gasteiger partial charge in [0.1, 0.15) is 6.04 Å². The fourth-order valence-corrected chi connectivity index (χ4v) is 1.90. The van der Waals surface area contributed by atoms with Crippen LogP contribution in [0.15, 0.2) is 24.3 Å². The predicted molar refractivity (Wildman–Crippen MR) is 79.3 cm³/mol. The molecule has 0 radical (unpaired) electrons. The van der Waals surface area contributed by atoms with Crippen LogP contribution >= 0.6 is 11.6 Å². The molecule has 0 aliphatic heterocycles. The number of aliphatic hydroxyl groups is 1. The van der Waals surface area contributed by atoms with Gasteiger partial charge < -0.3 is 20.4 Å². The minimum Gasteiger partial charge on any atom is -0.480 e.